The van der Waals surface area contributed by atoms with E-state index < -0.39 is 0 Å². The maximum Gasteiger partial charge on any atom is 0.123 e. The second kappa shape index (κ2) is 11.0. The first kappa shape index (κ1) is 31.2. The molecule has 0 spiro atoms. The molecule has 0 N–H and O–H groups in total. The molecule has 0 amide bonds. The molecule has 6 aromatic carbocycles. The third-order valence-electron chi connectivity index (χ3n) is 12.6. The molecule has 0 saturated heterocycles. The van der Waals surface area contributed by atoms with Crippen LogP contribution in [-0.4, -0.2) is 0 Å². The summed E-state index contributed by atoms with van der Waals surface area (Å²) >= 11 is 0. The van der Waals surface area contributed by atoms with Gasteiger partial charge in [-0.2, -0.15) is 0 Å². The molecule has 0 bridgehead atoms. The third kappa shape index (κ3) is 4.32. The number of rotatable bonds is 3. The van der Waals surface area contributed by atoms with Gasteiger partial charge in [0, 0.05) is 16.7 Å². The van der Waals surface area contributed by atoms with Gasteiger partial charge in [0.05, 0.1) is 0 Å². The minimum atomic E-state index is -0.209. The van der Waals surface area contributed by atoms with Crippen LogP contribution in [0, 0.1) is 17.7 Å². The van der Waals surface area contributed by atoms with E-state index in [1.165, 1.54) is 88.4 Å². The molecular weight excluding hydrogens is 632 g/mol. The summed E-state index contributed by atoms with van der Waals surface area (Å²) in [7, 11) is 0. The van der Waals surface area contributed by atoms with Crippen molar-refractivity contribution in [1.82, 2.24) is 0 Å². The Balaban J connectivity index is 1.22. The second-order valence-corrected chi connectivity index (χ2v) is 16.3. The van der Waals surface area contributed by atoms with E-state index in [2.05, 4.69) is 156 Å². The minimum absolute atomic E-state index is 0.0716. The molecule has 52 heavy (non-hydrogen) atoms. The Kier molecular flexibility index (Phi) is 6.60. The van der Waals surface area contributed by atoms with E-state index in [1.54, 1.807) is 12.1 Å². The molecule has 1 heteroatoms. The van der Waals surface area contributed by atoms with Crippen molar-refractivity contribution in [3.05, 3.63) is 206 Å². The number of halogens is 1. The number of allylic oxidation sites excluding steroid dienone is 4. The number of benzene rings is 6. The van der Waals surface area contributed by atoms with Crippen LogP contribution in [0.25, 0.3) is 39.0 Å². The second-order valence-electron chi connectivity index (χ2n) is 16.3. The molecule has 2 unspecified atom stereocenters. The van der Waals surface area contributed by atoms with Gasteiger partial charge in [-0.1, -0.05) is 156 Å². The number of hydrogen-bond donors (Lipinski definition) is 0. The van der Waals surface area contributed by atoms with Crippen molar-refractivity contribution < 1.29 is 4.39 Å². The molecule has 4 aliphatic carbocycles. The van der Waals surface area contributed by atoms with Gasteiger partial charge in [0.25, 0.3) is 0 Å². The van der Waals surface area contributed by atoms with Crippen LogP contribution in [0.2, 0.25) is 0 Å². The fourth-order valence-corrected chi connectivity index (χ4v) is 10.1. The van der Waals surface area contributed by atoms with Crippen LogP contribution in [0.1, 0.15) is 73.6 Å². The van der Waals surface area contributed by atoms with E-state index in [4.69, 9.17) is 0 Å². The Morgan fingerprint density at radius 1 is 0.500 bits per heavy atom. The summed E-state index contributed by atoms with van der Waals surface area (Å²) in [5.41, 5.74) is 19.5. The van der Waals surface area contributed by atoms with Crippen molar-refractivity contribution in [3.8, 4) is 22.3 Å². The fourth-order valence-electron chi connectivity index (χ4n) is 10.1. The molecule has 0 saturated carbocycles. The zero-order valence-corrected chi connectivity index (χ0v) is 30.4. The van der Waals surface area contributed by atoms with Crippen LogP contribution in [0.15, 0.2) is 151 Å². The zero-order valence-electron chi connectivity index (χ0n) is 30.4. The first-order valence-electron chi connectivity index (χ1n) is 18.7. The van der Waals surface area contributed by atoms with E-state index in [0.29, 0.717) is 0 Å². The van der Waals surface area contributed by atoms with Crippen molar-refractivity contribution in [1.29, 1.82) is 0 Å². The summed E-state index contributed by atoms with van der Waals surface area (Å²) in [6.45, 7) is 11.8. The van der Waals surface area contributed by atoms with Crippen molar-refractivity contribution in [2.45, 2.75) is 45.4 Å². The van der Waals surface area contributed by atoms with E-state index in [1.807, 2.05) is 12.1 Å². The van der Waals surface area contributed by atoms with Crippen molar-refractivity contribution in [2.75, 3.05) is 0 Å². The van der Waals surface area contributed by atoms with Gasteiger partial charge in [-0.25, -0.2) is 4.39 Å². The van der Waals surface area contributed by atoms with Gasteiger partial charge in [0.2, 0.25) is 0 Å². The monoisotopic (exact) mass is 672 g/mol. The Morgan fingerprint density at radius 2 is 1.00 bits per heavy atom. The first-order chi connectivity index (χ1) is 25.1. The molecule has 2 atom stereocenters. The lowest BCUT2D eigenvalue weighted by atomic mass is 9.67. The summed E-state index contributed by atoms with van der Waals surface area (Å²) in [5.74, 6) is 0.0958. The smallest absolute Gasteiger partial charge is 0.123 e. The fraction of sp³-hybridized carbons (Fsp3) is 0.176. The molecule has 0 aromatic heterocycles. The number of hydrogen-bond acceptors (Lipinski definition) is 0. The van der Waals surface area contributed by atoms with Crippen LogP contribution in [0.4, 0.5) is 4.39 Å². The molecule has 6 aromatic rings. The van der Waals surface area contributed by atoms with Gasteiger partial charge in [0.15, 0.2) is 0 Å². The average molecular weight is 673 g/mol. The highest BCUT2D eigenvalue weighted by Gasteiger charge is 2.39. The van der Waals surface area contributed by atoms with Crippen LogP contribution in [0.5, 0.6) is 0 Å². The lowest BCUT2D eigenvalue weighted by Gasteiger charge is -2.36. The van der Waals surface area contributed by atoms with Crippen molar-refractivity contribution >= 4 is 16.7 Å². The van der Waals surface area contributed by atoms with E-state index in [9.17, 15) is 4.39 Å². The standard InChI is InChI=1S/C51H41F/c1-30-26-34(32-20-24-38-36-12-8-10-16-43(36)50(2,3)45(38)28-32)27-42-47(30)49(31-18-22-35(52)23-19-31)41-15-7-6-14-40(41)48(42)33-21-25-39-37-13-9-11-17-44(37)51(4,5)46(39)29-33/h6-30,47H,1-5H3. The highest BCUT2D eigenvalue weighted by Crippen LogP contribution is 2.53. The van der Waals surface area contributed by atoms with Gasteiger partial charge in [-0.3, -0.25) is 0 Å². The molecule has 0 aliphatic heterocycles. The van der Waals surface area contributed by atoms with E-state index >= 15 is 0 Å². The SMILES string of the molecule is CC1C=C(c2ccc3c(c2)C(C)(C)c2ccccc2-3)C=C2C(c3ccc4c(c3)C(C)(C)c3ccccc3-4)=c3ccccc3=C(c3ccc(F)cc3)C21. The van der Waals surface area contributed by atoms with Crippen molar-refractivity contribution in [3.63, 3.8) is 0 Å². The predicted molar refractivity (Wildman–Crippen MR) is 214 cm³/mol. The molecule has 0 fully saturated rings. The van der Waals surface area contributed by atoms with Crippen molar-refractivity contribution in [2.24, 2.45) is 11.8 Å². The molecule has 0 radical (unpaired) electrons. The normalized spacial score (nSPS) is 19.8. The minimum Gasteiger partial charge on any atom is -0.207 e. The summed E-state index contributed by atoms with van der Waals surface area (Å²) in [4.78, 5) is 0. The highest BCUT2D eigenvalue weighted by atomic mass is 19.1. The van der Waals surface area contributed by atoms with Gasteiger partial charge in [-0.15, -0.1) is 0 Å². The van der Waals surface area contributed by atoms with Crippen LogP contribution < -0.4 is 10.4 Å². The summed E-state index contributed by atoms with van der Waals surface area (Å²) < 4.78 is 14.4. The molecule has 252 valence electrons. The lowest BCUT2D eigenvalue weighted by molar-refractivity contribution is 0.599. The molecule has 0 nitrogen and oxygen atoms in total. The molecule has 4 aliphatic rings. The molecular formula is C51H41F. The Hall–Kier alpha value is -5.53. The Labute approximate surface area is 306 Å². The zero-order chi connectivity index (χ0) is 35.5. The predicted octanol–water partition coefficient (Wildman–Crippen LogP) is 11.1. The summed E-state index contributed by atoms with van der Waals surface area (Å²) in [5, 5.41) is 2.46. The van der Waals surface area contributed by atoms with Crippen LogP contribution in [-0.2, 0) is 10.8 Å². The third-order valence-corrected chi connectivity index (χ3v) is 12.6. The summed E-state index contributed by atoms with van der Waals surface area (Å²) in [6, 6.07) is 48.0. The van der Waals surface area contributed by atoms with Crippen LogP contribution >= 0.6 is 0 Å². The van der Waals surface area contributed by atoms with Gasteiger partial charge in [0.1, 0.15) is 5.82 Å². The van der Waals surface area contributed by atoms with Crippen LogP contribution in [0.3, 0.4) is 0 Å². The van der Waals surface area contributed by atoms with E-state index in [-0.39, 0.29) is 28.5 Å². The summed E-state index contributed by atoms with van der Waals surface area (Å²) in [6.07, 6.45) is 4.95. The first-order valence-corrected chi connectivity index (χ1v) is 18.7. The average Bonchev–Trinajstić information content (AvgIpc) is 3.53. The maximum atomic E-state index is 14.4. The van der Waals surface area contributed by atoms with Gasteiger partial charge in [-0.05, 0) is 124 Å². The molecule has 0 heterocycles. The highest BCUT2D eigenvalue weighted by molar-refractivity contribution is 5.95. The lowest BCUT2D eigenvalue weighted by Crippen LogP contribution is -2.39. The Morgan fingerprint density at radius 3 is 1.63 bits per heavy atom. The Bertz CT molecular complexity index is 2700. The maximum absolute atomic E-state index is 14.4. The largest absolute Gasteiger partial charge is 0.207 e. The van der Waals surface area contributed by atoms with E-state index in [0.717, 1.165) is 5.56 Å². The number of fused-ring (bicyclic) bond motifs is 8. The topological polar surface area (TPSA) is 0 Å². The molecule has 10 rings (SSSR count). The van der Waals surface area contributed by atoms with Gasteiger partial charge < -0.3 is 0 Å². The quantitative estimate of drug-likeness (QED) is 0.176. The van der Waals surface area contributed by atoms with Gasteiger partial charge >= 0.3 is 0 Å².